The number of fused-ring (bicyclic) bond motifs is 11. The highest BCUT2D eigenvalue weighted by molar-refractivity contribution is 5.91. The first-order chi connectivity index (χ1) is 24.1. The van der Waals surface area contributed by atoms with Crippen molar-refractivity contribution in [3.05, 3.63) is 207 Å². The van der Waals surface area contributed by atoms with E-state index in [9.17, 15) is 0 Å². The molecule has 0 nitrogen and oxygen atoms in total. The van der Waals surface area contributed by atoms with Crippen LogP contribution in [0.2, 0.25) is 0 Å². The minimum atomic E-state index is -0.0989. The second-order valence-electron chi connectivity index (χ2n) is 15.5. The minimum Gasteiger partial charge on any atom is -0.0836 e. The fraction of sp³-hybridized carbons (Fsp3) is 0.184. The van der Waals surface area contributed by atoms with Crippen LogP contribution >= 0.6 is 0 Å². The van der Waals surface area contributed by atoms with Gasteiger partial charge in [0.15, 0.2) is 0 Å². The number of allylic oxidation sites excluding steroid dienone is 8. The number of benzene rings is 5. The van der Waals surface area contributed by atoms with Crippen LogP contribution in [0.15, 0.2) is 151 Å². The molecule has 0 heteroatoms. The quantitative estimate of drug-likeness (QED) is 0.183. The average molecular weight is 627 g/mol. The maximum absolute atomic E-state index is 2.54. The molecule has 0 aromatic heterocycles. The van der Waals surface area contributed by atoms with Crippen molar-refractivity contribution in [1.82, 2.24) is 0 Å². The molecule has 5 unspecified atom stereocenters. The molecule has 0 fully saturated rings. The Morgan fingerprint density at radius 1 is 0.592 bits per heavy atom. The van der Waals surface area contributed by atoms with Gasteiger partial charge >= 0.3 is 0 Å². The average Bonchev–Trinajstić information content (AvgIpc) is 3.60. The Kier molecular flexibility index (Phi) is 5.62. The number of rotatable bonds is 2. The Labute approximate surface area is 289 Å². The van der Waals surface area contributed by atoms with E-state index in [0.717, 1.165) is 6.42 Å². The maximum atomic E-state index is 2.54. The highest BCUT2D eigenvalue weighted by Crippen LogP contribution is 2.58. The minimum absolute atomic E-state index is 0.0989. The lowest BCUT2D eigenvalue weighted by Crippen LogP contribution is -2.21. The first-order valence-corrected chi connectivity index (χ1v) is 18.1. The smallest absolute Gasteiger partial charge is 0.0199 e. The Morgan fingerprint density at radius 3 is 2.12 bits per heavy atom. The van der Waals surface area contributed by atoms with Gasteiger partial charge in [0, 0.05) is 29.1 Å². The van der Waals surface area contributed by atoms with E-state index in [1.165, 1.54) is 77.9 Å². The summed E-state index contributed by atoms with van der Waals surface area (Å²) in [6.45, 7) is 4.86. The van der Waals surface area contributed by atoms with Gasteiger partial charge in [-0.25, -0.2) is 0 Å². The first kappa shape index (κ1) is 27.7. The summed E-state index contributed by atoms with van der Waals surface area (Å²) in [5.74, 6) is 2.33. The van der Waals surface area contributed by atoms with E-state index in [0.29, 0.717) is 29.6 Å². The highest BCUT2D eigenvalue weighted by Gasteiger charge is 2.44. The normalized spacial score (nSPS) is 25.4. The largest absolute Gasteiger partial charge is 0.0836 e. The van der Waals surface area contributed by atoms with Gasteiger partial charge < -0.3 is 0 Å². The van der Waals surface area contributed by atoms with Crippen LogP contribution < -0.4 is 0 Å². The van der Waals surface area contributed by atoms with Crippen LogP contribution in [0.5, 0.6) is 0 Å². The van der Waals surface area contributed by atoms with Crippen molar-refractivity contribution in [1.29, 1.82) is 0 Å². The van der Waals surface area contributed by atoms with Crippen molar-refractivity contribution < 1.29 is 0 Å². The van der Waals surface area contributed by atoms with Gasteiger partial charge in [-0.05, 0) is 108 Å². The van der Waals surface area contributed by atoms with Crippen LogP contribution in [0.25, 0.3) is 28.3 Å². The lowest BCUT2D eigenvalue weighted by Gasteiger charge is -2.35. The van der Waals surface area contributed by atoms with Gasteiger partial charge in [-0.15, -0.1) is 0 Å². The molecule has 0 amide bonds. The zero-order valence-electron chi connectivity index (χ0n) is 28.0. The van der Waals surface area contributed by atoms with Crippen molar-refractivity contribution in [2.75, 3.05) is 0 Å². The molecule has 0 heterocycles. The van der Waals surface area contributed by atoms with Gasteiger partial charge in [0.25, 0.3) is 0 Å². The molecule has 5 aromatic rings. The Bertz CT molecular complexity index is 2420. The van der Waals surface area contributed by atoms with Gasteiger partial charge in [0.2, 0.25) is 0 Å². The Balaban J connectivity index is 0.991. The van der Waals surface area contributed by atoms with E-state index in [4.69, 9.17) is 0 Å². The zero-order valence-corrected chi connectivity index (χ0v) is 28.0. The second-order valence-corrected chi connectivity index (χ2v) is 15.5. The predicted octanol–water partition coefficient (Wildman–Crippen LogP) is 12.0. The molecular formula is C49H38. The molecule has 0 spiro atoms. The summed E-state index contributed by atoms with van der Waals surface area (Å²) in [6.07, 6.45) is 18.2. The third-order valence-electron chi connectivity index (χ3n) is 12.9. The third kappa shape index (κ3) is 3.75. The monoisotopic (exact) mass is 626 g/mol. The van der Waals surface area contributed by atoms with Crippen molar-refractivity contribution in [3.63, 3.8) is 0 Å². The SMILES string of the molecule is CC1(C)c2cc(C3=CC4C=Cc5ccccc5C4c4ccccc43)ccc2-c2ccc(C3=C4C=CCC5c6ccccc6C(C=C3)C45)cc21. The molecule has 11 rings (SSSR count). The highest BCUT2D eigenvalue weighted by atomic mass is 14.5. The van der Waals surface area contributed by atoms with E-state index in [-0.39, 0.29) is 5.41 Å². The van der Waals surface area contributed by atoms with Gasteiger partial charge in [-0.1, -0.05) is 153 Å². The van der Waals surface area contributed by atoms with E-state index >= 15 is 0 Å². The summed E-state index contributed by atoms with van der Waals surface area (Å²) in [5, 5.41) is 0. The van der Waals surface area contributed by atoms with Crippen LogP contribution in [0.1, 0.15) is 93.7 Å². The molecule has 49 heavy (non-hydrogen) atoms. The molecular weight excluding hydrogens is 589 g/mol. The van der Waals surface area contributed by atoms with Crippen molar-refractivity contribution >= 4 is 17.2 Å². The third-order valence-corrected chi connectivity index (χ3v) is 12.9. The van der Waals surface area contributed by atoms with Crippen molar-refractivity contribution in [2.24, 2.45) is 11.8 Å². The molecule has 234 valence electrons. The fourth-order valence-electron chi connectivity index (χ4n) is 10.6. The van der Waals surface area contributed by atoms with Gasteiger partial charge in [0.1, 0.15) is 0 Å². The summed E-state index contributed by atoms with van der Waals surface area (Å²) >= 11 is 0. The van der Waals surface area contributed by atoms with E-state index < -0.39 is 0 Å². The molecule has 0 radical (unpaired) electrons. The summed E-state index contributed by atoms with van der Waals surface area (Å²) < 4.78 is 0. The predicted molar refractivity (Wildman–Crippen MR) is 204 cm³/mol. The van der Waals surface area contributed by atoms with Crippen LogP contribution in [-0.4, -0.2) is 0 Å². The van der Waals surface area contributed by atoms with Gasteiger partial charge in [-0.2, -0.15) is 0 Å². The van der Waals surface area contributed by atoms with Crippen molar-refractivity contribution in [2.45, 2.75) is 43.4 Å². The van der Waals surface area contributed by atoms with E-state index in [2.05, 4.69) is 166 Å². The van der Waals surface area contributed by atoms with Gasteiger partial charge in [0.05, 0.1) is 0 Å². The standard InChI is InChI=1S/C49H38/c1-49(2)45-27-30(33-24-25-43-36-13-6-5-12-35(36)42-17-9-16-40(33)48(42)43)20-22-38(45)39-23-21-31(28-46(39)49)44-26-32-19-18-29-10-3-4-11-34(29)47(32)41-15-8-7-14-37(41)44/h3-16,18-28,32,42-43,47-48H,17H2,1-2H3. The fourth-order valence-corrected chi connectivity index (χ4v) is 10.6. The van der Waals surface area contributed by atoms with E-state index in [1.54, 1.807) is 5.56 Å². The lowest BCUT2D eigenvalue weighted by atomic mass is 9.68. The summed E-state index contributed by atoms with van der Waals surface area (Å²) in [5.41, 5.74) is 21.2. The molecule has 6 aliphatic rings. The summed E-state index contributed by atoms with van der Waals surface area (Å²) in [7, 11) is 0. The van der Waals surface area contributed by atoms with Crippen LogP contribution in [0.4, 0.5) is 0 Å². The Hall–Kier alpha value is -5.20. The molecule has 6 aliphatic carbocycles. The number of hydrogen-bond acceptors (Lipinski definition) is 0. The Morgan fingerprint density at radius 2 is 1.29 bits per heavy atom. The zero-order chi connectivity index (χ0) is 32.4. The molecule has 0 aliphatic heterocycles. The van der Waals surface area contributed by atoms with Gasteiger partial charge in [-0.3, -0.25) is 0 Å². The van der Waals surface area contributed by atoms with E-state index in [1.807, 2.05) is 0 Å². The second kappa shape index (κ2) is 9.93. The first-order valence-electron chi connectivity index (χ1n) is 18.1. The molecule has 0 N–H and O–H groups in total. The molecule has 5 aromatic carbocycles. The lowest BCUT2D eigenvalue weighted by molar-refractivity contribution is 0.487. The molecule has 0 saturated heterocycles. The molecule has 5 atom stereocenters. The number of hydrogen-bond donors (Lipinski definition) is 0. The van der Waals surface area contributed by atoms with Crippen LogP contribution in [0, 0.1) is 11.8 Å². The van der Waals surface area contributed by atoms with Crippen LogP contribution in [0.3, 0.4) is 0 Å². The molecule has 0 bridgehead atoms. The summed E-state index contributed by atoms with van der Waals surface area (Å²) in [4.78, 5) is 0. The van der Waals surface area contributed by atoms with Crippen LogP contribution in [-0.2, 0) is 5.41 Å². The van der Waals surface area contributed by atoms with Crippen molar-refractivity contribution in [3.8, 4) is 11.1 Å². The topological polar surface area (TPSA) is 0 Å². The molecule has 0 saturated carbocycles. The maximum Gasteiger partial charge on any atom is 0.0199 e. The summed E-state index contributed by atoms with van der Waals surface area (Å²) in [6, 6.07) is 41.8.